The number of alkyl halides is 1. The van der Waals surface area contributed by atoms with Gasteiger partial charge in [0.25, 0.3) is 0 Å². The van der Waals surface area contributed by atoms with Gasteiger partial charge in [-0.05, 0) is 24.1 Å². The van der Waals surface area contributed by atoms with Crippen LogP contribution in [0.4, 0.5) is 15.9 Å². The zero-order chi connectivity index (χ0) is 20.8. The number of aromatic nitrogens is 4. The average molecular weight is 408 g/mol. The first-order chi connectivity index (χ1) is 14.5. The van der Waals surface area contributed by atoms with Crippen LogP contribution in [0.25, 0.3) is 11.1 Å². The topological polar surface area (TPSA) is 68.0 Å². The molecule has 0 unspecified atom stereocenters. The zero-order valence-electron chi connectivity index (χ0n) is 17.2. The second-order valence-corrected chi connectivity index (χ2v) is 8.26. The number of rotatable bonds is 5. The number of nitrogens with zero attached hydrogens (tertiary/aromatic N) is 5. The molecule has 2 aromatic heterocycles. The fourth-order valence-corrected chi connectivity index (χ4v) is 4.09. The molecule has 1 aliphatic heterocycles. The molecule has 7 nitrogen and oxygen atoms in total. The van der Waals surface area contributed by atoms with E-state index in [1.807, 2.05) is 53.3 Å². The number of halogens is 1. The quantitative estimate of drug-likeness (QED) is 0.704. The predicted molar refractivity (Wildman–Crippen MR) is 112 cm³/mol. The van der Waals surface area contributed by atoms with E-state index in [1.165, 1.54) is 0 Å². The van der Waals surface area contributed by atoms with E-state index in [0.29, 0.717) is 26.1 Å². The number of hydrogen-bond acceptors (Lipinski definition) is 4. The minimum atomic E-state index is -0.710. The Kier molecular flexibility index (Phi) is 4.56. The first kappa shape index (κ1) is 18.8. The maximum Gasteiger partial charge on any atom is 0.219 e. The maximum absolute atomic E-state index is 13.5. The minimum Gasteiger partial charge on any atom is -0.338 e. The van der Waals surface area contributed by atoms with Crippen LogP contribution in [-0.4, -0.2) is 43.1 Å². The average Bonchev–Trinajstić information content (AvgIpc) is 3.10. The molecule has 2 aliphatic rings. The van der Waals surface area contributed by atoms with E-state index in [2.05, 4.69) is 10.4 Å². The molecule has 0 saturated heterocycles. The van der Waals surface area contributed by atoms with Gasteiger partial charge in [-0.1, -0.05) is 12.1 Å². The lowest BCUT2D eigenvalue weighted by atomic mass is 10.1. The molecule has 0 radical (unpaired) electrons. The monoisotopic (exact) mass is 408 g/mol. The Hall–Kier alpha value is -3.16. The van der Waals surface area contributed by atoms with Crippen LogP contribution in [0.1, 0.15) is 24.6 Å². The molecule has 156 valence electrons. The zero-order valence-corrected chi connectivity index (χ0v) is 17.2. The van der Waals surface area contributed by atoms with Crippen molar-refractivity contribution in [2.24, 2.45) is 13.0 Å². The summed E-state index contributed by atoms with van der Waals surface area (Å²) < 4.78 is 17.2. The van der Waals surface area contributed by atoms with Crippen molar-refractivity contribution in [3.05, 3.63) is 47.9 Å². The summed E-state index contributed by atoms with van der Waals surface area (Å²) in [7, 11) is 1.90. The number of hydrogen-bond donors (Lipinski definition) is 1. The SMILES string of the molecule is CC(=O)N1CCc2c(c(Nc3ccc(-c4cnn(C)c4)cc3)nn2C[C@H]2C[C@@H]2F)C1. The number of fused-ring (bicyclic) bond motifs is 1. The van der Waals surface area contributed by atoms with Gasteiger partial charge in [0.05, 0.1) is 12.7 Å². The summed E-state index contributed by atoms with van der Waals surface area (Å²) in [4.78, 5) is 13.7. The van der Waals surface area contributed by atoms with E-state index in [9.17, 15) is 9.18 Å². The number of nitrogens with one attached hydrogen (secondary N) is 1. The Morgan fingerprint density at radius 3 is 2.67 bits per heavy atom. The van der Waals surface area contributed by atoms with Crippen LogP contribution in [0.3, 0.4) is 0 Å². The highest BCUT2D eigenvalue weighted by Gasteiger charge is 2.39. The highest BCUT2D eigenvalue weighted by atomic mass is 19.1. The molecular weight excluding hydrogens is 383 g/mol. The highest BCUT2D eigenvalue weighted by molar-refractivity contribution is 5.74. The molecule has 1 aliphatic carbocycles. The molecule has 8 heteroatoms. The van der Waals surface area contributed by atoms with Gasteiger partial charge in [-0.3, -0.25) is 14.2 Å². The van der Waals surface area contributed by atoms with E-state index < -0.39 is 6.17 Å². The van der Waals surface area contributed by atoms with Crippen LogP contribution in [0.15, 0.2) is 36.7 Å². The molecule has 1 saturated carbocycles. The summed E-state index contributed by atoms with van der Waals surface area (Å²) in [5.74, 6) is 0.874. The Morgan fingerprint density at radius 1 is 1.27 bits per heavy atom. The van der Waals surface area contributed by atoms with E-state index in [4.69, 9.17) is 5.10 Å². The molecule has 1 aromatic carbocycles. The molecular formula is C22H25FN6O. The molecule has 1 fully saturated rings. The summed E-state index contributed by atoms with van der Waals surface area (Å²) in [5, 5.41) is 12.4. The van der Waals surface area contributed by atoms with Gasteiger partial charge in [0.1, 0.15) is 6.17 Å². The Labute approximate surface area is 174 Å². The second-order valence-electron chi connectivity index (χ2n) is 8.26. The van der Waals surface area contributed by atoms with E-state index in [0.717, 1.165) is 40.3 Å². The fraction of sp³-hybridized carbons (Fsp3) is 0.409. The number of carbonyl (C=O) groups excluding carboxylic acids is 1. The van der Waals surface area contributed by atoms with Gasteiger partial charge in [0.15, 0.2) is 5.82 Å². The van der Waals surface area contributed by atoms with Crippen molar-refractivity contribution in [1.29, 1.82) is 0 Å². The van der Waals surface area contributed by atoms with Crippen LogP contribution in [0, 0.1) is 5.92 Å². The molecule has 0 spiro atoms. The molecule has 1 amide bonds. The number of carbonyl (C=O) groups is 1. The third kappa shape index (κ3) is 3.58. The Morgan fingerprint density at radius 2 is 2.03 bits per heavy atom. The minimum absolute atomic E-state index is 0.0613. The maximum atomic E-state index is 13.5. The van der Waals surface area contributed by atoms with Gasteiger partial charge in [-0.15, -0.1) is 0 Å². The predicted octanol–water partition coefficient (Wildman–Crippen LogP) is 3.29. The van der Waals surface area contributed by atoms with E-state index in [-0.39, 0.29) is 11.8 Å². The Balaban J connectivity index is 1.41. The normalized spacial score (nSPS) is 20.2. The smallest absolute Gasteiger partial charge is 0.219 e. The standard InChI is InChI=1S/C22H25FN6O/c1-14(30)28-8-7-21-19(13-28)22(26-29(21)12-16-9-20(16)23)25-18-5-3-15(4-6-18)17-10-24-27(2)11-17/h3-6,10-11,16,20H,7-9,12-13H2,1-2H3,(H,25,26)/t16-,20+/m1/s1. The molecule has 5 rings (SSSR count). The number of amides is 1. The molecule has 2 atom stereocenters. The van der Waals surface area contributed by atoms with Crippen LogP contribution in [0.5, 0.6) is 0 Å². The first-order valence-corrected chi connectivity index (χ1v) is 10.3. The summed E-state index contributed by atoms with van der Waals surface area (Å²) in [6.45, 7) is 3.41. The van der Waals surface area contributed by atoms with Crippen molar-refractivity contribution < 1.29 is 9.18 Å². The summed E-state index contributed by atoms with van der Waals surface area (Å²) in [6, 6.07) is 8.11. The van der Waals surface area contributed by atoms with Gasteiger partial charge in [-0.2, -0.15) is 10.2 Å². The van der Waals surface area contributed by atoms with Gasteiger partial charge < -0.3 is 10.2 Å². The third-order valence-electron chi connectivity index (χ3n) is 6.01. The summed E-state index contributed by atoms with van der Waals surface area (Å²) in [5.41, 5.74) is 5.22. The largest absolute Gasteiger partial charge is 0.338 e. The van der Waals surface area contributed by atoms with Crippen molar-refractivity contribution in [2.75, 3.05) is 11.9 Å². The van der Waals surface area contributed by atoms with Gasteiger partial charge in [0, 0.05) is 68.1 Å². The molecule has 3 aromatic rings. The van der Waals surface area contributed by atoms with Crippen molar-refractivity contribution in [3.8, 4) is 11.1 Å². The lowest BCUT2D eigenvalue weighted by molar-refractivity contribution is -0.129. The number of benzene rings is 1. The van der Waals surface area contributed by atoms with E-state index in [1.54, 1.807) is 11.6 Å². The van der Waals surface area contributed by atoms with Gasteiger partial charge in [-0.25, -0.2) is 4.39 Å². The van der Waals surface area contributed by atoms with Crippen LogP contribution in [-0.2, 0) is 31.4 Å². The first-order valence-electron chi connectivity index (χ1n) is 10.3. The fourth-order valence-electron chi connectivity index (χ4n) is 4.09. The van der Waals surface area contributed by atoms with Crippen LogP contribution >= 0.6 is 0 Å². The second kappa shape index (κ2) is 7.27. The number of aryl methyl sites for hydroxylation is 1. The molecule has 0 bridgehead atoms. The van der Waals surface area contributed by atoms with Crippen molar-refractivity contribution in [2.45, 2.75) is 39.0 Å². The van der Waals surface area contributed by atoms with Crippen LogP contribution in [0.2, 0.25) is 0 Å². The lowest BCUT2D eigenvalue weighted by Gasteiger charge is -2.26. The van der Waals surface area contributed by atoms with Gasteiger partial charge >= 0.3 is 0 Å². The summed E-state index contributed by atoms with van der Waals surface area (Å²) >= 11 is 0. The van der Waals surface area contributed by atoms with Crippen molar-refractivity contribution in [1.82, 2.24) is 24.5 Å². The molecule has 3 heterocycles. The van der Waals surface area contributed by atoms with Crippen molar-refractivity contribution in [3.63, 3.8) is 0 Å². The Bertz CT molecular complexity index is 1090. The summed E-state index contributed by atoms with van der Waals surface area (Å²) in [6.07, 6.45) is 4.47. The molecule has 30 heavy (non-hydrogen) atoms. The molecule has 1 N–H and O–H groups in total. The number of anilines is 2. The third-order valence-corrected chi connectivity index (χ3v) is 6.01. The van der Waals surface area contributed by atoms with Gasteiger partial charge in [0.2, 0.25) is 5.91 Å². The lowest BCUT2D eigenvalue weighted by Crippen LogP contribution is -2.34. The van der Waals surface area contributed by atoms with Crippen molar-refractivity contribution >= 4 is 17.4 Å². The van der Waals surface area contributed by atoms with E-state index >= 15 is 0 Å². The highest BCUT2D eigenvalue weighted by Crippen LogP contribution is 2.37. The van der Waals surface area contributed by atoms with Crippen LogP contribution < -0.4 is 5.32 Å².